The first-order valence-corrected chi connectivity index (χ1v) is 16.9. The van der Waals surface area contributed by atoms with E-state index in [0.29, 0.717) is 5.84 Å². The van der Waals surface area contributed by atoms with Gasteiger partial charge in [0, 0.05) is 49.5 Å². The number of furan rings is 1. The van der Waals surface area contributed by atoms with Gasteiger partial charge in [-0.2, -0.15) is 0 Å². The molecule has 0 amide bonds. The topological polar surface area (TPSA) is 54.8 Å². The largest absolute Gasteiger partial charge is 0.455 e. The summed E-state index contributed by atoms with van der Waals surface area (Å²) in [6.07, 6.45) is -0.403. The number of hydrogen-bond donors (Lipinski definition) is 1. The Kier molecular flexibility index (Phi) is 6.49. The maximum Gasteiger partial charge on any atom is 0.159 e. The molecule has 3 heterocycles. The molecular formula is C45H30N4O. The van der Waals surface area contributed by atoms with Gasteiger partial charge in [-0.15, -0.1) is 0 Å². The van der Waals surface area contributed by atoms with Crippen molar-refractivity contribution in [3.05, 3.63) is 187 Å². The highest BCUT2D eigenvalue weighted by atomic mass is 16.3. The zero-order valence-corrected chi connectivity index (χ0v) is 27.0. The highest BCUT2D eigenvalue weighted by Gasteiger charge is 2.25. The number of para-hydroxylation sites is 3. The molecule has 7 aromatic carbocycles. The van der Waals surface area contributed by atoms with E-state index in [-0.39, 0.29) is 0 Å². The molecule has 1 N–H and O–H groups in total. The summed E-state index contributed by atoms with van der Waals surface area (Å²) in [4.78, 5) is 10.5. The fourth-order valence-electron chi connectivity index (χ4n) is 7.41. The van der Waals surface area contributed by atoms with Crippen LogP contribution in [0.25, 0.3) is 60.6 Å². The third-order valence-electron chi connectivity index (χ3n) is 9.67. The van der Waals surface area contributed by atoms with Gasteiger partial charge in [-0.25, -0.2) is 9.98 Å². The molecule has 1 aliphatic heterocycles. The number of amidine groups is 2. The molecular weight excluding hydrogens is 613 g/mol. The Balaban J connectivity index is 1.15. The van der Waals surface area contributed by atoms with Gasteiger partial charge in [0.05, 0.1) is 11.0 Å². The van der Waals surface area contributed by atoms with Crippen molar-refractivity contribution >= 4 is 55.4 Å². The molecule has 0 saturated heterocycles. The molecule has 5 nitrogen and oxygen atoms in total. The Labute approximate surface area is 288 Å². The van der Waals surface area contributed by atoms with Gasteiger partial charge < -0.3 is 14.3 Å². The van der Waals surface area contributed by atoms with E-state index in [1.807, 2.05) is 30.3 Å². The SMILES string of the molecule is c1ccc(C2=NC(c3cccc(-n4c5ccccc5c5ccccc54)c3)=NC(c3cccc4oc5c(-c6ccccc6)cccc5c34)N2)cc1. The second-order valence-electron chi connectivity index (χ2n) is 12.6. The molecule has 2 aromatic heterocycles. The van der Waals surface area contributed by atoms with E-state index in [4.69, 9.17) is 14.4 Å². The van der Waals surface area contributed by atoms with Crippen LogP contribution in [-0.4, -0.2) is 16.2 Å². The monoisotopic (exact) mass is 642 g/mol. The molecule has 0 radical (unpaired) electrons. The van der Waals surface area contributed by atoms with E-state index in [2.05, 4.69) is 149 Å². The summed E-state index contributed by atoms with van der Waals surface area (Å²) in [5, 5.41) is 8.26. The van der Waals surface area contributed by atoms with Gasteiger partial charge in [0.15, 0.2) is 5.84 Å². The zero-order chi connectivity index (χ0) is 33.0. The van der Waals surface area contributed by atoms with Crippen LogP contribution in [-0.2, 0) is 0 Å². The average molecular weight is 643 g/mol. The van der Waals surface area contributed by atoms with E-state index in [9.17, 15) is 0 Å². The minimum atomic E-state index is -0.403. The molecule has 1 atom stereocenters. The van der Waals surface area contributed by atoms with E-state index in [1.54, 1.807) is 0 Å². The summed E-state index contributed by atoms with van der Waals surface area (Å²) in [6.45, 7) is 0. The number of benzene rings is 7. The minimum Gasteiger partial charge on any atom is -0.455 e. The predicted octanol–water partition coefficient (Wildman–Crippen LogP) is 10.8. The number of nitrogens with one attached hydrogen (secondary N) is 1. The summed E-state index contributed by atoms with van der Waals surface area (Å²) in [5.41, 5.74) is 10.3. The molecule has 0 saturated carbocycles. The van der Waals surface area contributed by atoms with E-state index in [1.165, 1.54) is 10.8 Å². The number of hydrogen-bond acceptors (Lipinski definition) is 4. The van der Waals surface area contributed by atoms with Crippen LogP contribution in [0.3, 0.4) is 0 Å². The normalized spacial score (nSPS) is 14.6. The third-order valence-corrected chi connectivity index (χ3v) is 9.67. The van der Waals surface area contributed by atoms with E-state index < -0.39 is 6.17 Å². The molecule has 0 bridgehead atoms. The smallest absolute Gasteiger partial charge is 0.159 e. The lowest BCUT2D eigenvalue weighted by Crippen LogP contribution is -2.33. The summed E-state index contributed by atoms with van der Waals surface area (Å²) in [6, 6.07) is 59.0. The quantitative estimate of drug-likeness (QED) is 0.203. The Morgan fingerprint density at radius 3 is 1.92 bits per heavy atom. The zero-order valence-electron chi connectivity index (χ0n) is 27.0. The number of nitrogens with zero attached hydrogens (tertiary/aromatic N) is 3. The van der Waals surface area contributed by atoms with Crippen LogP contribution in [0.1, 0.15) is 22.9 Å². The summed E-state index contributed by atoms with van der Waals surface area (Å²) < 4.78 is 8.94. The first-order chi connectivity index (χ1) is 24.8. The summed E-state index contributed by atoms with van der Waals surface area (Å²) in [5.74, 6) is 1.45. The van der Waals surface area contributed by atoms with Crippen LogP contribution in [0.5, 0.6) is 0 Å². The van der Waals surface area contributed by atoms with Crippen LogP contribution in [0.4, 0.5) is 0 Å². The molecule has 236 valence electrons. The van der Waals surface area contributed by atoms with Gasteiger partial charge in [0.25, 0.3) is 0 Å². The van der Waals surface area contributed by atoms with Gasteiger partial charge in [-0.05, 0) is 35.9 Å². The lowest BCUT2D eigenvalue weighted by atomic mass is 9.99. The second-order valence-corrected chi connectivity index (χ2v) is 12.6. The number of aromatic nitrogens is 1. The lowest BCUT2D eigenvalue weighted by Gasteiger charge is -2.24. The Morgan fingerprint density at radius 1 is 0.540 bits per heavy atom. The molecule has 5 heteroatoms. The first-order valence-electron chi connectivity index (χ1n) is 16.9. The van der Waals surface area contributed by atoms with Crippen molar-refractivity contribution in [3.63, 3.8) is 0 Å². The van der Waals surface area contributed by atoms with E-state index >= 15 is 0 Å². The van der Waals surface area contributed by atoms with Crippen molar-refractivity contribution in [1.82, 2.24) is 9.88 Å². The second kappa shape index (κ2) is 11.5. The highest BCUT2D eigenvalue weighted by Crippen LogP contribution is 2.40. The predicted molar refractivity (Wildman–Crippen MR) is 205 cm³/mol. The molecule has 9 aromatic rings. The summed E-state index contributed by atoms with van der Waals surface area (Å²) in [7, 11) is 0. The number of aliphatic imine (C=N–C) groups is 2. The molecule has 0 spiro atoms. The van der Waals surface area contributed by atoms with Crippen LogP contribution in [0.15, 0.2) is 184 Å². The van der Waals surface area contributed by atoms with Gasteiger partial charge in [-0.3, -0.25) is 0 Å². The van der Waals surface area contributed by atoms with Gasteiger partial charge in [0.1, 0.15) is 23.2 Å². The van der Waals surface area contributed by atoms with Crippen molar-refractivity contribution in [2.75, 3.05) is 0 Å². The standard InChI is InChI=1S/C45H30N4O/c1-3-14-29(15-4-1)33-22-12-23-36-41-37(24-13-27-40(41)50-42(33)36)45-47-43(30-16-5-2-6-17-30)46-44(48-45)31-18-11-19-32(28-31)49-38-25-9-7-20-34(38)35-21-8-10-26-39(35)49/h1-28,45H,(H,46,47,48). The molecule has 10 rings (SSSR count). The van der Waals surface area contributed by atoms with Crippen molar-refractivity contribution in [2.45, 2.75) is 6.17 Å². The molecule has 0 aliphatic carbocycles. The van der Waals surface area contributed by atoms with Crippen LogP contribution < -0.4 is 5.32 Å². The molecule has 0 fully saturated rings. The van der Waals surface area contributed by atoms with Gasteiger partial charge in [-0.1, -0.05) is 140 Å². The maximum atomic E-state index is 6.61. The third kappa shape index (κ3) is 4.55. The number of fused-ring (bicyclic) bond motifs is 6. The Hall–Kier alpha value is -6.72. The first kappa shape index (κ1) is 28.3. The van der Waals surface area contributed by atoms with Gasteiger partial charge in [0.2, 0.25) is 0 Å². The molecule has 1 aliphatic rings. The van der Waals surface area contributed by atoms with Crippen molar-refractivity contribution < 1.29 is 4.42 Å². The fraction of sp³-hybridized carbons (Fsp3) is 0.0222. The average Bonchev–Trinajstić information content (AvgIpc) is 3.75. The van der Waals surface area contributed by atoms with Crippen LogP contribution in [0, 0.1) is 0 Å². The highest BCUT2D eigenvalue weighted by molar-refractivity contribution is 6.15. The molecule has 1 unspecified atom stereocenters. The lowest BCUT2D eigenvalue weighted by molar-refractivity contribution is 0.663. The van der Waals surface area contributed by atoms with Crippen LogP contribution in [0.2, 0.25) is 0 Å². The fourth-order valence-corrected chi connectivity index (χ4v) is 7.41. The molecule has 50 heavy (non-hydrogen) atoms. The van der Waals surface area contributed by atoms with E-state index in [0.717, 1.165) is 72.3 Å². The van der Waals surface area contributed by atoms with Crippen LogP contribution >= 0.6 is 0 Å². The minimum absolute atomic E-state index is 0.403. The van der Waals surface area contributed by atoms with Crippen molar-refractivity contribution in [2.24, 2.45) is 9.98 Å². The summed E-state index contributed by atoms with van der Waals surface area (Å²) >= 11 is 0. The Morgan fingerprint density at radius 2 is 1.16 bits per heavy atom. The van der Waals surface area contributed by atoms with Crippen molar-refractivity contribution in [3.8, 4) is 16.8 Å². The maximum absolute atomic E-state index is 6.61. The van der Waals surface area contributed by atoms with Gasteiger partial charge >= 0.3 is 0 Å². The van der Waals surface area contributed by atoms with Crippen molar-refractivity contribution in [1.29, 1.82) is 0 Å². The number of rotatable bonds is 5. The Bertz CT molecular complexity index is 2740.